The van der Waals surface area contributed by atoms with E-state index in [-0.39, 0.29) is 16.7 Å². The molecule has 0 radical (unpaired) electrons. The lowest BCUT2D eigenvalue weighted by atomic mass is 9.97. The van der Waals surface area contributed by atoms with E-state index in [0.717, 1.165) is 5.56 Å². The highest BCUT2D eigenvalue weighted by molar-refractivity contribution is 5.41. The maximum absolute atomic E-state index is 11.0. The van der Waals surface area contributed by atoms with Crippen LogP contribution in [-0.2, 0) is 0 Å². The first-order chi connectivity index (χ1) is 9.09. The maximum atomic E-state index is 11.0. The van der Waals surface area contributed by atoms with Gasteiger partial charge in [0.05, 0.1) is 4.92 Å². The molecule has 1 unspecified atom stereocenters. The van der Waals surface area contributed by atoms with Gasteiger partial charge in [-0.2, -0.15) is 0 Å². The molecule has 0 saturated heterocycles. The van der Waals surface area contributed by atoms with Gasteiger partial charge in [0.2, 0.25) is 0 Å². The van der Waals surface area contributed by atoms with Gasteiger partial charge >= 0.3 is 0 Å². The summed E-state index contributed by atoms with van der Waals surface area (Å²) < 4.78 is 0. The quantitative estimate of drug-likeness (QED) is 0.648. The lowest BCUT2D eigenvalue weighted by Crippen LogP contribution is -2.34. The van der Waals surface area contributed by atoms with Crippen molar-refractivity contribution in [1.29, 1.82) is 0 Å². The van der Waals surface area contributed by atoms with Crippen LogP contribution in [0, 0.1) is 16.0 Å². The molecule has 1 saturated carbocycles. The van der Waals surface area contributed by atoms with Crippen LogP contribution in [0.15, 0.2) is 24.3 Å². The Morgan fingerprint density at radius 2 is 1.89 bits per heavy atom. The number of nitrogens with one attached hydrogen (secondary N) is 1. The van der Waals surface area contributed by atoms with Gasteiger partial charge in [0.15, 0.2) is 0 Å². The standard InChI is InChI=1S/C15H22N2O2/c1-11(13-7-3-4-8-13)16-12(2)14-9-5-6-10-15(14)17(18)19/h5-6,9-13,16H,3-4,7-8H2,1-2H3/t11-,12?/m1/s1. The van der Waals surface area contributed by atoms with E-state index >= 15 is 0 Å². The van der Waals surface area contributed by atoms with Crippen LogP contribution in [-0.4, -0.2) is 11.0 Å². The Balaban J connectivity index is 2.06. The van der Waals surface area contributed by atoms with Gasteiger partial charge in [0.1, 0.15) is 0 Å². The highest BCUT2D eigenvalue weighted by atomic mass is 16.6. The predicted molar refractivity (Wildman–Crippen MR) is 76.1 cm³/mol. The third-order valence-corrected chi connectivity index (χ3v) is 4.22. The smallest absolute Gasteiger partial charge is 0.274 e. The van der Waals surface area contributed by atoms with Crippen molar-refractivity contribution in [2.75, 3.05) is 0 Å². The molecule has 0 heterocycles. The van der Waals surface area contributed by atoms with Crippen LogP contribution in [0.3, 0.4) is 0 Å². The van der Waals surface area contributed by atoms with Crippen LogP contribution in [0.25, 0.3) is 0 Å². The fraction of sp³-hybridized carbons (Fsp3) is 0.600. The first kappa shape index (κ1) is 14.0. The summed E-state index contributed by atoms with van der Waals surface area (Å²) in [4.78, 5) is 10.7. The molecule has 1 aliphatic carbocycles. The van der Waals surface area contributed by atoms with Crippen molar-refractivity contribution in [3.8, 4) is 0 Å². The van der Waals surface area contributed by atoms with E-state index in [4.69, 9.17) is 0 Å². The molecule has 1 aromatic carbocycles. The molecule has 19 heavy (non-hydrogen) atoms. The topological polar surface area (TPSA) is 55.2 Å². The summed E-state index contributed by atoms with van der Waals surface area (Å²) >= 11 is 0. The lowest BCUT2D eigenvalue weighted by Gasteiger charge is -2.25. The minimum atomic E-state index is -0.298. The van der Waals surface area contributed by atoms with Crippen LogP contribution >= 0.6 is 0 Å². The number of hydrogen-bond acceptors (Lipinski definition) is 3. The van der Waals surface area contributed by atoms with Crippen molar-refractivity contribution in [2.24, 2.45) is 5.92 Å². The van der Waals surface area contributed by atoms with Crippen molar-refractivity contribution in [1.82, 2.24) is 5.32 Å². The summed E-state index contributed by atoms with van der Waals surface area (Å²) in [5.74, 6) is 0.713. The average Bonchev–Trinajstić information content (AvgIpc) is 2.92. The SMILES string of the molecule is CC(N[C@H](C)C1CCCC1)c1ccccc1[N+](=O)[O-]. The molecule has 4 nitrogen and oxygen atoms in total. The molecule has 4 heteroatoms. The lowest BCUT2D eigenvalue weighted by molar-refractivity contribution is -0.385. The maximum Gasteiger partial charge on any atom is 0.274 e. The van der Waals surface area contributed by atoms with E-state index in [1.54, 1.807) is 12.1 Å². The number of benzene rings is 1. The van der Waals surface area contributed by atoms with Crippen molar-refractivity contribution in [3.63, 3.8) is 0 Å². The molecule has 0 aromatic heterocycles. The molecule has 1 N–H and O–H groups in total. The molecule has 0 aliphatic heterocycles. The van der Waals surface area contributed by atoms with Crippen molar-refractivity contribution < 1.29 is 4.92 Å². The molecule has 1 fully saturated rings. The van der Waals surface area contributed by atoms with Gasteiger partial charge < -0.3 is 5.32 Å². The molecule has 0 amide bonds. The highest BCUT2D eigenvalue weighted by Gasteiger charge is 2.25. The second-order valence-corrected chi connectivity index (χ2v) is 5.54. The van der Waals surface area contributed by atoms with Crippen molar-refractivity contribution in [2.45, 2.75) is 51.6 Å². The van der Waals surface area contributed by atoms with E-state index in [1.165, 1.54) is 25.7 Å². The minimum Gasteiger partial charge on any atom is -0.307 e. The molecular weight excluding hydrogens is 240 g/mol. The second-order valence-electron chi connectivity index (χ2n) is 5.54. The Bertz CT molecular complexity index is 442. The number of para-hydroxylation sites is 1. The molecule has 0 bridgehead atoms. The van der Waals surface area contributed by atoms with Gasteiger partial charge in [0, 0.05) is 23.7 Å². The molecule has 0 spiro atoms. The fourth-order valence-electron chi connectivity index (χ4n) is 3.10. The summed E-state index contributed by atoms with van der Waals surface area (Å²) in [5, 5.41) is 14.6. The van der Waals surface area contributed by atoms with Crippen LogP contribution in [0.2, 0.25) is 0 Å². The van der Waals surface area contributed by atoms with Crippen LogP contribution in [0.4, 0.5) is 5.69 Å². The van der Waals surface area contributed by atoms with Gasteiger partial charge in [-0.25, -0.2) is 0 Å². The number of nitro groups is 1. The fourth-order valence-corrected chi connectivity index (χ4v) is 3.10. The molecule has 1 aliphatic rings. The van der Waals surface area contributed by atoms with Crippen molar-refractivity contribution in [3.05, 3.63) is 39.9 Å². The third kappa shape index (κ3) is 3.32. The zero-order chi connectivity index (χ0) is 13.8. The summed E-state index contributed by atoms with van der Waals surface area (Å²) in [6.45, 7) is 4.20. The Kier molecular flexibility index (Phi) is 4.53. The third-order valence-electron chi connectivity index (χ3n) is 4.22. The number of nitrogens with zero attached hydrogens (tertiary/aromatic N) is 1. The number of hydrogen-bond donors (Lipinski definition) is 1. The van der Waals surface area contributed by atoms with Crippen LogP contribution < -0.4 is 5.32 Å². The van der Waals surface area contributed by atoms with E-state index < -0.39 is 0 Å². The van der Waals surface area contributed by atoms with E-state index in [2.05, 4.69) is 12.2 Å². The van der Waals surface area contributed by atoms with Gasteiger partial charge in [-0.1, -0.05) is 31.0 Å². The molecular formula is C15H22N2O2. The second kappa shape index (κ2) is 6.15. The van der Waals surface area contributed by atoms with E-state index in [1.807, 2.05) is 19.1 Å². The van der Waals surface area contributed by atoms with Gasteiger partial charge in [-0.15, -0.1) is 0 Å². The first-order valence-corrected chi connectivity index (χ1v) is 7.09. The Morgan fingerprint density at radius 3 is 2.53 bits per heavy atom. The summed E-state index contributed by atoms with van der Waals surface area (Å²) in [7, 11) is 0. The van der Waals surface area contributed by atoms with E-state index in [0.29, 0.717) is 12.0 Å². The summed E-state index contributed by atoms with van der Waals surface area (Å²) in [6.07, 6.45) is 5.18. The van der Waals surface area contributed by atoms with Crippen LogP contribution in [0.5, 0.6) is 0 Å². The normalized spacial score (nSPS) is 19.3. The predicted octanol–water partition coefficient (Wildman–Crippen LogP) is 3.82. The monoisotopic (exact) mass is 262 g/mol. The molecule has 2 atom stereocenters. The number of rotatable bonds is 5. The number of nitro benzene ring substituents is 1. The summed E-state index contributed by atoms with van der Waals surface area (Å²) in [5.41, 5.74) is 0.985. The minimum absolute atomic E-state index is 0.0113. The zero-order valence-corrected chi connectivity index (χ0v) is 11.6. The Labute approximate surface area is 114 Å². The van der Waals surface area contributed by atoms with Gasteiger partial charge in [0.25, 0.3) is 5.69 Å². The highest BCUT2D eigenvalue weighted by Crippen LogP contribution is 2.30. The largest absolute Gasteiger partial charge is 0.307 e. The van der Waals surface area contributed by atoms with Gasteiger partial charge in [-0.05, 0) is 32.6 Å². The Hall–Kier alpha value is -1.42. The van der Waals surface area contributed by atoms with Crippen LogP contribution in [0.1, 0.15) is 51.1 Å². The van der Waals surface area contributed by atoms with Crippen molar-refractivity contribution >= 4 is 5.69 Å². The van der Waals surface area contributed by atoms with E-state index in [9.17, 15) is 10.1 Å². The van der Waals surface area contributed by atoms with Gasteiger partial charge in [-0.3, -0.25) is 10.1 Å². The Morgan fingerprint density at radius 1 is 1.26 bits per heavy atom. The molecule has 2 rings (SSSR count). The zero-order valence-electron chi connectivity index (χ0n) is 11.6. The molecule has 104 valence electrons. The first-order valence-electron chi connectivity index (χ1n) is 7.09. The average molecular weight is 262 g/mol. The molecule has 1 aromatic rings. The summed E-state index contributed by atoms with van der Waals surface area (Å²) in [6, 6.07) is 7.43.